The number of nitro benzene ring substituents is 1. The van der Waals surface area contributed by atoms with Gasteiger partial charge in [-0.15, -0.1) is 0 Å². The fourth-order valence-electron chi connectivity index (χ4n) is 1.20. The molecule has 1 unspecified atom stereocenters. The minimum absolute atomic E-state index is 0.0377. The first-order valence-electron chi connectivity index (χ1n) is 5.06. The molecule has 1 N–H and O–H groups in total. The van der Waals surface area contributed by atoms with Crippen LogP contribution in [0.2, 0.25) is 0 Å². The van der Waals surface area contributed by atoms with Gasteiger partial charge in [0, 0.05) is 6.07 Å². The first-order chi connectivity index (χ1) is 7.90. The van der Waals surface area contributed by atoms with Gasteiger partial charge in [0.05, 0.1) is 4.92 Å². The van der Waals surface area contributed by atoms with Gasteiger partial charge in [-0.1, -0.05) is 19.1 Å². The van der Waals surface area contributed by atoms with E-state index < -0.39 is 16.5 Å². The molecule has 0 aliphatic heterocycles. The van der Waals surface area contributed by atoms with Gasteiger partial charge in [-0.25, -0.2) is 4.79 Å². The van der Waals surface area contributed by atoms with Crippen LogP contribution < -0.4 is 4.74 Å². The van der Waals surface area contributed by atoms with E-state index >= 15 is 0 Å². The van der Waals surface area contributed by atoms with E-state index in [-0.39, 0.29) is 17.9 Å². The van der Waals surface area contributed by atoms with Gasteiger partial charge in [0.25, 0.3) is 0 Å². The number of ether oxygens (including phenoxy) is 1. The molecule has 17 heavy (non-hydrogen) atoms. The monoisotopic (exact) mass is 239 g/mol. The standard InChI is InChI=1S/C11H13NO5/c1-3-11(2,10(13)14)17-9-7-5-4-6-8(9)12(15)16/h4-7H,3H2,1-2H3,(H,13,14). The van der Waals surface area contributed by atoms with Crippen molar-refractivity contribution in [3.8, 4) is 5.75 Å². The van der Waals surface area contributed by atoms with Gasteiger partial charge in [-0.05, 0) is 19.4 Å². The third kappa shape index (κ3) is 2.72. The summed E-state index contributed by atoms with van der Waals surface area (Å²) in [6.45, 7) is 3.02. The largest absolute Gasteiger partial charge is 0.478 e. The van der Waals surface area contributed by atoms with Crippen LogP contribution in [0.1, 0.15) is 20.3 Å². The quantitative estimate of drug-likeness (QED) is 0.628. The summed E-state index contributed by atoms with van der Waals surface area (Å²) in [7, 11) is 0. The van der Waals surface area contributed by atoms with E-state index in [0.717, 1.165) is 0 Å². The van der Waals surface area contributed by atoms with Crippen molar-refractivity contribution in [3.63, 3.8) is 0 Å². The van der Waals surface area contributed by atoms with Crippen molar-refractivity contribution in [1.82, 2.24) is 0 Å². The third-order valence-electron chi connectivity index (χ3n) is 2.52. The Morgan fingerprint density at radius 2 is 2.12 bits per heavy atom. The molecule has 0 spiro atoms. The lowest BCUT2D eigenvalue weighted by Crippen LogP contribution is -2.40. The summed E-state index contributed by atoms with van der Waals surface area (Å²) >= 11 is 0. The van der Waals surface area contributed by atoms with E-state index in [1.807, 2.05) is 0 Å². The van der Waals surface area contributed by atoms with E-state index in [1.165, 1.54) is 25.1 Å². The van der Waals surface area contributed by atoms with Crippen molar-refractivity contribution >= 4 is 11.7 Å². The Morgan fingerprint density at radius 1 is 1.53 bits per heavy atom. The number of carbonyl (C=O) groups is 1. The number of para-hydroxylation sites is 2. The smallest absolute Gasteiger partial charge is 0.347 e. The lowest BCUT2D eigenvalue weighted by Gasteiger charge is -2.24. The molecule has 0 aromatic heterocycles. The minimum atomic E-state index is -1.47. The second-order valence-corrected chi connectivity index (χ2v) is 3.72. The summed E-state index contributed by atoms with van der Waals surface area (Å²) in [4.78, 5) is 21.2. The molecule has 6 nitrogen and oxygen atoms in total. The molecule has 0 fully saturated rings. The van der Waals surface area contributed by atoms with Crippen molar-refractivity contribution in [2.24, 2.45) is 0 Å². The van der Waals surface area contributed by atoms with E-state index in [0.29, 0.717) is 0 Å². The average molecular weight is 239 g/mol. The zero-order valence-electron chi connectivity index (χ0n) is 9.54. The van der Waals surface area contributed by atoms with Crippen LogP contribution in [0, 0.1) is 10.1 Å². The molecular formula is C11H13NO5. The lowest BCUT2D eigenvalue weighted by atomic mass is 10.0. The number of nitrogens with zero attached hydrogens (tertiary/aromatic N) is 1. The number of aliphatic carboxylic acids is 1. The second kappa shape index (κ2) is 4.82. The molecule has 0 saturated heterocycles. The Kier molecular flexibility index (Phi) is 3.67. The number of nitro groups is 1. The molecule has 0 aliphatic rings. The van der Waals surface area contributed by atoms with Crippen molar-refractivity contribution in [2.75, 3.05) is 0 Å². The number of benzene rings is 1. The highest BCUT2D eigenvalue weighted by atomic mass is 16.6. The zero-order chi connectivity index (χ0) is 13.1. The fourth-order valence-corrected chi connectivity index (χ4v) is 1.20. The Bertz CT molecular complexity index is 445. The number of hydrogen-bond donors (Lipinski definition) is 1. The first-order valence-corrected chi connectivity index (χ1v) is 5.06. The molecule has 0 heterocycles. The van der Waals surface area contributed by atoms with Crippen LogP contribution in [0.3, 0.4) is 0 Å². The van der Waals surface area contributed by atoms with Crippen LogP contribution in [0.5, 0.6) is 5.75 Å². The number of hydrogen-bond acceptors (Lipinski definition) is 4. The fraction of sp³-hybridized carbons (Fsp3) is 0.364. The van der Waals surface area contributed by atoms with Crippen LogP contribution in [0.25, 0.3) is 0 Å². The lowest BCUT2D eigenvalue weighted by molar-refractivity contribution is -0.386. The maximum Gasteiger partial charge on any atom is 0.347 e. The Labute approximate surface area is 98.0 Å². The molecule has 1 atom stereocenters. The SMILES string of the molecule is CCC(C)(Oc1ccccc1[N+](=O)[O-])C(=O)O. The van der Waals surface area contributed by atoms with Crippen molar-refractivity contribution in [3.05, 3.63) is 34.4 Å². The van der Waals surface area contributed by atoms with Gasteiger partial charge in [0.15, 0.2) is 5.75 Å². The van der Waals surface area contributed by atoms with Gasteiger partial charge in [0.1, 0.15) is 0 Å². The molecule has 1 aromatic rings. The maximum atomic E-state index is 11.0. The van der Waals surface area contributed by atoms with E-state index in [9.17, 15) is 14.9 Å². The van der Waals surface area contributed by atoms with Gasteiger partial charge in [-0.3, -0.25) is 10.1 Å². The molecule has 1 rings (SSSR count). The van der Waals surface area contributed by atoms with E-state index in [2.05, 4.69) is 0 Å². The molecule has 0 aliphatic carbocycles. The number of rotatable bonds is 5. The van der Waals surface area contributed by atoms with E-state index in [1.54, 1.807) is 13.0 Å². The van der Waals surface area contributed by atoms with Crippen LogP contribution in [-0.2, 0) is 4.79 Å². The topological polar surface area (TPSA) is 89.7 Å². The summed E-state index contributed by atoms with van der Waals surface area (Å²) in [5.41, 5.74) is -1.71. The highest BCUT2D eigenvalue weighted by molar-refractivity contribution is 5.77. The summed E-state index contributed by atoms with van der Waals surface area (Å²) in [6.07, 6.45) is 0.203. The van der Waals surface area contributed by atoms with Gasteiger partial charge in [0.2, 0.25) is 5.60 Å². The normalized spacial score (nSPS) is 13.8. The molecule has 6 heteroatoms. The Balaban J connectivity index is 3.10. The van der Waals surface area contributed by atoms with Gasteiger partial charge >= 0.3 is 11.7 Å². The average Bonchev–Trinajstić information content (AvgIpc) is 2.29. The summed E-state index contributed by atoms with van der Waals surface area (Å²) in [6, 6.07) is 5.71. The Hall–Kier alpha value is -2.11. The highest BCUT2D eigenvalue weighted by Crippen LogP contribution is 2.30. The molecule has 0 radical (unpaired) electrons. The predicted molar refractivity (Wildman–Crippen MR) is 60.1 cm³/mol. The molecule has 1 aromatic carbocycles. The summed E-state index contributed by atoms with van der Waals surface area (Å²) < 4.78 is 5.26. The molecule has 0 bridgehead atoms. The van der Waals surface area contributed by atoms with Crippen LogP contribution >= 0.6 is 0 Å². The van der Waals surface area contributed by atoms with Gasteiger partial charge in [-0.2, -0.15) is 0 Å². The summed E-state index contributed by atoms with van der Waals surface area (Å²) in [5.74, 6) is -1.19. The van der Waals surface area contributed by atoms with Crippen molar-refractivity contribution in [1.29, 1.82) is 0 Å². The molecule has 0 amide bonds. The predicted octanol–water partition coefficient (Wildman–Crippen LogP) is 2.23. The first kappa shape index (κ1) is 13.0. The second-order valence-electron chi connectivity index (χ2n) is 3.72. The van der Waals surface area contributed by atoms with E-state index in [4.69, 9.17) is 9.84 Å². The summed E-state index contributed by atoms with van der Waals surface area (Å²) in [5, 5.41) is 19.8. The van der Waals surface area contributed by atoms with Crippen LogP contribution in [-0.4, -0.2) is 21.6 Å². The zero-order valence-corrected chi connectivity index (χ0v) is 9.54. The molecular weight excluding hydrogens is 226 g/mol. The van der Waals surface area contributed by atoms with Crippen molar-refractivity contribution in [2.45, 2.75) is 25.9 Å². The minimum Gasteiger partial charge on any atom is -0.478 e. The number of carboxylic acid groups (broad SMARTS) is 1. The van der Waals surface area contributed by atoms with Crippen LogP contribution in [0.15, 0.2) is 24.3 Å². The van der Waals surface area contributed by atoms with Crippen molar-refractivity contribution < 1.29 is 19.6 Å². The maximum absolute atomic E-state index is 11.0. The highest BCUT2D eigenvalue weighted by Gasteiger charge is 2.35. The molecule has 0 saturated carbocycles. The third-order valence-corrected chi connectivity index (χ3v) is 2.52. The van der Waals surface area contributed by atoms with Gasteiger partial charge < -0.3 is 9.84 Å². The molecule has 92 valence electrons. The Morgan fingerprint density at radius 3 is 2.59 bits per heavy atom. The van der Waals surface area contributed by atoms with Crippen LogP contribution in [0.4, 0.5) is 5.69 Å². The number of carboxylic acids is 1.